The summed E-state index contributed by atoms with van der Waals surface area (Å²) < 4.78 is 44.3. The van der Waals surface area contributed by atoms with E-state index in [-0.39, 0.29) is 24.9 Å². The SMILES string of the molecule is CC(C)C(COc1ccc(-c2ccc(C(F)(F)F)cc2)cc1)Nc1ccc(C(=O)NCCC(=O)O)cn1. The molecule has 0 fully saturated rings. The lowest BCUT2D eigenvalue weighted by molar-refractivity contribution is -0.138. The fourth-order valence-corrected chi connectivity index (χ4v) is 3.37. The topological polar surface area (TPSA) is 101 Å². The van der Waals surface area contributed by atoms with Crippen LogP contribution in [-0.4, -0.2) is 41.2 Å². The van der Waals surface area contributed by atoms with Crippen molar-refractivity contribution in [2.75, 3.05) is 18.5 Å². The highest BCUT2D eigenvalue weighted by molar-refractivity contribution is 5.94. The zero-order chi connectivity index (χ0) is 27.0. The third-order valence-electron chi connectivity index (χ3n) is 5.62. The van der Waals surface area contributed by atoms with Gasteiger partial charge in [-0.3, -0.25) is 9.59 Å². The number of carbonyl (C=O) groups excluding carboxylic acids is 1. The normalized spacial score (nSPS) is 12.2. The number of aromatic nitrogens is 1. The average Bonchev–Trinajstić information content (AvgIpc) is 2.86. The number of carboxylic acid groups (broad SMARTS) is 1. The van der Waals surface area contributed by atoms with Crippen molar-refractivity contribution in [1.29, 1.82) is 0 Å². The van der Waals surface area contributed by atoms with Crippen molar-refractivity contribution in [2.24, 2.45) is 5.92 Å². The van der Waals surface area contributed by atoms with Gasteiger partial charge in [-0.05, 0) is 53.4 Å². The van der Waals surface area contributed by atoms with E-state index < -0.39 is 23.6 Å². The first-order valence-electron chi connectivity index (χ1n) is 11.7. The van der Waals surface area contributed by atoms with Gasteiger partial charge in [-0.25, -0.2) is 4.98 Å². The number of carbonyl (C=O) groups is 2. The Balaban J connectivity index is 1.55. The van der Waals surface area contributed by atoms with E-state index in [9.17, 15) is 22.8 Å². The molecule has 1 unspecified atom stereocenters. The van der Waals surface area contributed by atoms with Gasteiger partial charge >= 0.3 is 12.1 Å². The van der Waals surface area contributed by atoms with Gasteiger partial charge in [-0.15, -0.1) is 0 Å². The molecule has 7 nitrogen and oxygen atoms in total. The Kier molecular flexibility index (Phi) is 9.10. The molecule has 0 radical (unpaired) electrons. The molecule has 1 atom stereocenters. The maximum Gasteiger partial charge on any atom is 0.416 e. The molecular weight excluding hydrogens is 487 g/mol. The van der Waals surface area contributed by atoms with Gasteiger partial charge in [0.2, 0.25) is 0 Å². The molecule has 0 aliphatic carbocycles. The molecule has 1 amide bonds. The summed E-state index contributed by atoms with van der Waals surface area (Å²) in [6.07, 6.45) is -3.12. The van der Waals surface area contributed by atoms with Crippen LogP contribution in [0.5, 0.6) is 5.75 Å². The lowest BCUT2D eigenvalue weighted by atomic mass is 10.0. The van der Waals surface area contributed by atoms with Crippen LogP contribution in [0.3, 0.4) is 0 Å². The minimum Gasteiger partial charge on any atom is -0.491 e. The van der Waals surface area contributed by atoms with Crippen molar-refractivity contribution in [2.45, 2.75) is 32.5 Å². The molecule has 196 valence electrons. The molecule has 3 aromatic rings. The number of hydrogen-bond acceptors (Lipinski definition) is 5. The van der Waals surface area contributed by atoms with Gasteiger partial charge in [0.25, 0.3) is 5.91 Å². The van der Waals surface area contributed by atoms with Gasteiger partial charge in [0.05, 0.1) is 23.6 Å². The largest absolute Gasteiger partial charge is 0.491 e. The lowest BCUT2D eigenvalue weighted by Crippen LogP contribution is -2.32. The van der Waals surface area contributed by atoms with Crippen LogP contribution in [0.25, 0.3) is 11.1 Å². The summed E-state index contributed by atoms with van der Waals surface area (Å²) in [6, 6.07) is 15.3. The third kappa shape index (κ3) is 8.23. The number of hydrogen-bond donors (Lipinski definition) is 3. The third-order valence-corrected chi connectivity index (χ3v) is 5.62. The molecule has 3 N–H and O–H groups in total. The zero-order valence-corrected chi connectivity index (χ0v) is 20.4. The predicted octanol–water partition coefficient (Wildman–Crippen LogP) is 5.49. The predicted molar refractivity (Wildman–Crippen MR) is 133 cm³/mol. The number of halogens is 3. The summed E-state index contributed by atoms with van der Waals surface area (Å²) in [7, 11) is 0. The number of ether oxygens (including phenoxy) is 1. The van der Waals surface area contributed by atoms with Crippen molar-refractivity contribution < 1.29 is 32.6 Å². The van der Waals surface area contributed by atoms with Crippen molar-refractivity contribution in [3.05, 3.63) is 78.0 Å². The zero-order valence-electron chi connectivity index (χ0n) is 20.4. The smallest absolute Gasteiger partial charge is 0.416 e. The first kappa shape index (κ1) is 27.5. The van der Waals surface area contributed by atoms with E-state index in [2.05, 4.69) is 15.6 Å². The monoisotopic (exact) mass is 515 g/mol. The Morgan fingerprint density at radius 2 is 1.59 bits per heavy atom. The van der Waals surface area contributed by atoms with E-state index in [0.717, 1.165) is 17.7 Å². The van der Waals surface area contributed by atoms with Crippen LogP contribution in [0.4, 0.5) is 19.0 Å². The molecule has 0 saturated carbocycles. The summed E-state index contributed by atoms with van der Waals surface area (Å²) in [6.45, 7) is 4.42. The Hall–Kier alpha value is -4.08. The van der Waals surface area contributed by atoms with E-state index in [0.29, 0.717) is 29.3 Å². The minimum atomic E-state index is -4.37. The Bertz CT molecular complexity index is 1180. The van der Waals surface area contributed by atoms with Crippen molar-refractivity contribution in [3.8, 4) is 16.9 Å². The summed E-state index contributed by atoms with van der Waals surface area (Å²) in [5.41, 5.74) is 1.08. The summed E-state index contributed by atoms with van der Waals surface area (Å²) in [4.78, 5) is 26.9. The molecular formula is C27H28F3N3O4. The van der Waals surface area contributed by atoms with E-state index in [1.807, 2.05) is 13.8 Å². The van der Waals surface area contributed by atoms with E-state index >= 15 is 0 Å². The number of benzene rings is 2. The van der Waals surface area contributed by atoms with E-state index in [1.54, 1.807) is 36.4 Å². The highest BCUT2D eigenvalue weighted by atomic mass is 19.4. The molecule has 0 aliphatic rings. The number of pyridine rings is 1. The number of nitrogens with zero attached hydrogens (tertiary/aromatic N) is 1. The number of carboxylic acids is 1. The van der Waals surface area contributed by atoms with Crippen LogP contribution >= 0.6 is 0 Å². The van der Waals surface area contributed by atoms with Crippen LogP contribution in [0.1, 0.15) is 36.2 Å². The van der Waals surface area contributed by atoms with Crippen molar-refractivity contribution in [1.82, 2.24) is 10.3 Å². The fourth-order valence-electron chi connectivity index (χ4n) is 3.37. The van der Waals surface area contributed by atoms with Crippen molar-refractivity contribution in [3.63, 3.8) is 0 Å². The number of anilines is 1. The molecule has 0 bridgehead atoms. The highest BCUT2D eigenvalue weighted by Gasteiger charge is 2.30. The van der Waals surface area contributed by atoms with Crippen LogP contribution in [0.15, 0.2) is 66.9 Å². The lowest BCUT2D eigenvalue weighted by Gasteiger charge is -2.23. The number of amides is 1. The highest BCUT2D eigenvalue weighted by Crippen LogP contribution is 2.31. The molecule has 1 heterocycles. The molecule has 37 heavy (non-hydrogen) atoms. The Morgan fingerprint density at radius 1 is 0.973 bits per heavy atom. The van der Waals surface area contributed by atoms with Crippen LogP contribution < -0.4 is 15.4 Å². The van der Waals surface area contributed by atoms with Crippen molar-refractivity contribution >= 4 is 17.7 Å². The molecule has 10 heteroatoms. The van der Waals surface area contributed by atoms with Crippen LogP contribution in [0, 0.1) is 5.92 Å². The second kappa shape index (κ2) is 12.2. The number of nitrogens with one attached hydrogen (secondary N) is 2. The number of alkyl halides is 3. The fraction of sp³-hybridized carbons (Fsp3) is 0.296. The van der Waals surface area contributed by atoms with Gasteiger partial charge < -0.3 is 20.5 Å². The van der Waals surface area contributed by atoms with Gasteiger partial charge in [0, 0.05) is 12.7 Å². The molecule has 2 aromatic carbocycles. The van der Waals surface area contributed by atoms with E-state index in [4.69, 9.17) is 9.84 Å². The second-order valence-electron chi connectivity index (χ2n) is 8.74. The molecule has 1 aromatic heterocycles. The minimum absolute atomic E-state index is 0.0340. The summed E-state index contributed by atoms with van der Waals surface area (Å²) in [5.74, 6) is -0.0301. The standard InChI is InChI=1S/C27H28F3N3O4/c1-17(2)23(33-24-12-7-20(15-32-24)26(36)31-14-13-25(34)35)16-37-22-10-5-19(6-11-22)18-3-8-21(9-4-18)27(28,29)30/h3-12,15,17,23H,13-14,16H2,1-2H3,(H,31,36)(H,32,33)(H,34,35). The van der Waals surface area contributed by atoms with Gasteiger partial charge in [0.1, 0.15) is 18.2 Å². The molecule has 0 aliphatic heterocycles. The van der Waals surface area contributed by atoms with Gasteiger partial charge in [-0.1, -0.05) is 38.1 Å². The maximum absolute atomic E-state index is 12.8. The molecule has 0 spiro atoms. The number of rotatable bonds is 11. The van der Waals surface area contributed by atoms with Crippen LogP contribution in [-0.2, 0) is 11.0 Å². The molecule has 3 rings (SSSR count). The number of aliphatic carboxylic acids is 1. The first-order valence-corrected chi connectivity index (χ1v) is 11.7. The van der Waals surface area contributed by atoms with Crippen LogP contribution in [0.2, 0.25) is 0 Å². The second-order valence-corrected chi connectivity index (χ2v) is 8.74. The average molecular weight is 516 g/mol. The Morgan fingerprint density at radius 3 is 2.11 bits per heavy atom. The van der Waals surface area contributed by atoms with E-state index in [1.165, 1.54) is 18.3 Å². The Labute approximate surface area is 212 Å². The first-order chi connectivity index (χ1) is 17.5. The van der Waals surface area contributed by atoms with Gasteiger partial charge in [0.15, 0.2) is 0 Å². The maximum atomic E-state index is 12.8. The summed E-state index contributed by atoms with van der Waals surface area (Å²) >= 11 is 0. The molecule has 0 saturated heterocycles. The summed E-state index contributed by atoms with van der Waals surface area (Å²) in [5, 5.41) is 14.5. The van der Waals surface area contributed by atoms with Gasteiger partial charge in [-0.2, -0.15) is 13.2 Å². The quantitative estimate of drug-likeness (QED) is 0.312.